The number of carbonyl (C=O) groups excluding carboxylic acids is 1. The van der Waals surface area contributed by atoms with E-state index >= 15 is 0 Å². The summed E-state index contributed by atoms with van der Waals surface area (Å²) in [4.78, 5) is 25.4. The zero-order valence-electron chi connectivity index (χ0n) is 12.5. The molecule has 0 bridgehead atoms. The van der Waals surface area contributed by atoms with Crippen molar-refractivity contribution in [2.24, 2.45) is 7.05 Å². The van der Waals surface area contributed by atoms with Gasteiger partial charge < -0.3 is 9.88 Å². The highest BCUT2D eigenvalue weighted by molar-refractivity contribution is 7.21. The number of thiazole rings is 1. The first kappa shape index (κ1) is 13.8. The normalized spacial score (nSPS) is 11.2. The minimum atomic E-state index is 0.510. The van der Waals surface area contributed by atoms with E-state index in [0.29, 0.717) is 5.56 Å². The van der Waals surface area contributed by atoms with Crippen LogP contribution in [0.5, 0.6) is 0 Å². The second-order valence-corrected chi connectivity index (χ2v) is 6.10. The standard InChI is InChI=1S/C16H12N5OS/c1-17-14-11-13(21(2)8-18-11)12-16(20-14)23-15(19-12)10-5-3-4-9(6-10)7-22/h3-6,8H,1-2H3,(H,17,20). The molecule has 0 aliphatic heterocycles. The number of nitrogens with one attached hydrogen (secondary N) is 1. The second kappa shape index (κ2) is 5.13. The van der Waals surface area contributed by atoms with Gasteiger partial charge in [-0.1, -0.05) is 29.5 Å². The molecule has 4 aromatic rings. The molecule has 0 saturated carbocycles. The number of anilines is 1. The number of benzene rings is 1. The molecule has 0 atom stereocenters. The van der Waals surface area contributed by atoms with Gasteiger partial charge in [0.1, 0.15) is 26.4 Å². The molecule has 3 aromatic heterocycles. The summed E-state index contributed by atoms with van der Waals surface area (Å²) in [5.41, 5.74) is 3.96. The van der Waals surface area contributed by atoms with Gasteiger partial charge in [-0.3, -0.25) is 4.79 Å². The average molecular weight is 322 g/mol. The van der Waals surface area contributed by atoms with Crippen LogP contribution in [0.2, 0.25) is 0 Å². The number of aromatic nitrogens is 4. The summed E-state index contributed by atoms with van der Waals surface area (Å²) < 4.78 is 1.94. The van der Waals surface area contributed by atoms with Gasteiger partial charge in [-0.2, -0.15) is 0 Å². The number of rotatable bonds is 3. The molecule has 0 spiro atoms. The Hall–Kier alpha value is -2.80. The summed E-state index contributed by atoms with van der Waals surface area (Å²) in [6, 6.07) is 7.26. The van der Waals surface area contributed by atoms with Crippen molar-refractivity contribution in [1.82, 2.24) is 19.5 Å². The van der Waals surface area contributed by atoms with Crippen molar-refractivity contribution in [1.29, 1.82) is 0 Å². The van der Waals surface area contributed by atoms with Crippen molar-refractivity contribution in [3.8, 4) is 10.6 Å². The highest BCUT2D eigenvalue weighted by Crippen LogP contribution is 2.35. The molecule has 1 aromatic carbocycles. The minimum Gasteiger partial charge on any atom is -0.371 e. The molecule has 1 N–H and O–H groups in total. The molecule has 3 heterocycles. The number of pyridine rings is 1. The fraction of sp³-hybridized carbons (Fsp3) is 0.125. The maximum absolute atomic E-state index is 10.9. The molecule has 4 rings (SSSR count). The van der Waals surface area contributed by atoms with Crippen molar-refractivity contribution in [3.63, 3.8) is 0 Å². The van der Waals surface area contributed by atoms with Crippen molar-refractivity contribution in [2.45, 2.75) is 0 Å². The molecular weight excluding hydrogens is 310 g/mol. The molecule has 113 valence electrons. The second-order valence-electron chi connectivity index (χ2n) is 5.12. The van der Waals surface area contributed by atoms with Gasteiger partial charge in [0.15, 0.2) is 5.82 Å². The van der Waals surface area contributed by atoms with Gasteiger partial charge in [0.05, 0.1) is 6.33 Å². The third kappa shape index (κ3) is 2.08. The van der Waals surface area contributed by atoms with Crippen LogP contribution in [0, 0.1) is 0 Å². The lowest BCUT2D eigenvalue weighted by Gasteiger charge is -2.01. The summed E-state index contributed by atoms with van der Waals surface area (Å²) in [7, 11) is 3.77. The van der Waals surface area contributed by atoms with E-state index in [9.17, 15) is 4.79 Å². The predicted molar refractivity (Wildman–Crippen MR) is 91.5 cm³/mol. The number of aryl methyl sites for hydroxylation is 1. The van der Waals surface area contributed by atoms with E-state index in [1.807, 2.05) is 37.1 Å². The van der Waals surface area contributed by atoms with Gasteiger partial charge in [0.25, 0.3) is 0 Å². The zero-order valence-corrected chi connectivity index (χ0v) is 13.3. The first-order chi connectivity index (χ1) is 11.2. The number of nitrogens with zero attached hydrogens (tertiary/aromatic N) is 4. The fourth-order valence-corrected chi connectivity index (χ4v) is 3.53. The number of hydrogen-bond acceptors (Lipinski definition) is 6. The van der Waals surface area contributed by atoms with Crippen LogP contribution in [0.4, 0.5) is 5.82 Å². The molecule has 0 amide bonds. The molecule has 0 aliphatic rings. The van der Waals surface area contributed by atoms with Crippen LogP contribution in [0.1, 0.15) is 5.56 Å². The Balaban J connectivity index is 2.02. The number of hydrogen-bond donors (Lipinski definition) is 1. The SMILES string of the molecule is CNc1nc2sc(-c3cccc([C]=O)c3)nc2c2c1ncn2C. The van der Waals surface area contributed by atoms with E-state index in [2.05, 4.69) is 15.3 Å². The predicted octanol–water partition coefficient (Wildman–Crippen LogP) is 2.74. The summed E-state index contributed by atoms with van der Waals surface area (Å²) in [6.07, 6.45) is 3.67. The van der Waals surface area contributed by atoms with E-state index in [1.54, 1.807) is 18.5 Å². The van der Waals surface area contributed by atoms with Crippen LogP contribution in [-0.4, -0.2) is 32.9 Å². The van der Waals surface area contributed by atoms with Gasteiger partial charge >= 0.3 is 0 Å². The largest absolute Gasteiger partial charge is 0.371 e. The highest BCUT2D eigenvalue weighted by atomic mass is 32.1. The molecule has 7 heteroatoms. The molecule has 0 aliphatic carbocycles. The van der Waals surface area contributed by atoms with Crippen LogP contribution in [0.15, 0.2) is 30.6 Å². The Morgan fingerprint density at radius 1 is 1.26 bits per heavy atom. The van der Waals surface area contributed by atoms with Gasteiger partial charge in [-0.05, 0) is 6.07 Å². The first-order valence-electron chi connectivity index (χ1n) is 6.99. The van der Waals surface area contributed by atoms with Crippen LogP contribution in [0.25, 0.3) is 32.0 Å². The third-order valence-electron chi connectivity index (χ3n) is 3.67. The van der Waals surface area contributed by atoms with Crippen molar-refractivity contribution in [3.05, 3.63) is 36.2 Å². The smallest absolute Gasteiger partial charge is 0.233 e. The highest BCUT2D eigenvalue weighted by Gasteiger charge is 2.17. The van der Waals surface area contributed by atoms with E-state index in [0.717, 1.165) is 37.8 Å². The summed E-state index contributed by atoms with van der Waals surface area (Å²) in [5, 5.41) is 3.90. The quantitative estimate of drug-likeness (QED) is 0.628. The molecule has 23 heavy (non-hydrogen) atoms. The van der Waals surface area contributed by atoms with Gasteiger partial charge in [0.2, 0.25) is 6.29 Å². The maximum Gasteiger partial charge on any atom is 0.233 e. The lowest BCUT2D eigenvalue weighted by molar-refractivity contribution is 0.563. The maximum atomic E-state index is 10.9. The molecule has 0 unspecified atom stereocenters. The summed E-state index contributed by atoms with van der Waals surface area (Å²) in [5.74, 6) is 0.735. The van der Waals surface area contributed by atoms with Gasteiger partial charge in [-0.15, -0.1) is 0 Å². The topological polar surface area (TPSA) is 72.7 Å². The van der Waals surface area contributed by atoms with E-state index in [-0.39, 0.29) is 0 Å². The van der Waals surface area contributed by atoms with Crippen molar-refractivity contribution >= 4 is 44.8 Å². The number of fused-ring (bicyclic) bond motifs is 3. The third-order valence-corrected chi connectivity index (χ3v) is 4.67. The van der Waals surface area contributed by atoms with Crippen molar-refractivity contribution in [2.75, 3.05) is 12.4 Å². The van der Waals surface area contributed by atoms with Gasteiger partial charge in [-0.25, -0.2) is 15.0 Å². The van der Waals surface area contributed by atoms with Crippen LogP contribution in [0.3, 0.4) is 0 Å². The molecule has 1 radical (unpaired) electrons. The summed E-state index contributed by atoms with van der Waals surface area (Å²) >= 11 is 1.49. The lowest BCUT2D eigenvalue weighted by Crippen LogP contribution is -1.95. The van der Waals surface area contributed by atoms with Crippen LogP contribution >= 0.6 is 11.3 Å². The summed E-state index contributed by atoms with van der Waals surface area (Å²) in [6.45, 7) is 0. The number of imidazole rings is 1. The van der Waals surface area contributed by atoms with Crippen LogP contribution < -0.4 is 5.32 Å². The molecule has 0 fully saturated rings. The van der Waals surface area contributed by atoms with Gasteiger partial charge in [0, 0.05) is 25.2 Å². The minimum absolute atomic E-state index is 0.510. The van der Waals surface area contributed by atoms with Crippen LogP contribution in [-0.2, 0) is 11.8 Å². The zero-order chi connectivity index (χ0) is 16.0. The van der Waals surface area contributed by atoms with E-state index in [4.69, 9.17) is 4.98 Å². The lowest BCUT2D eigenvalue weighted by atomic mass is 10.1. The Morgan fingerprint density at radius 2 is 2.13 bits per heavy atom. The Labute approximate surface area is 135 Å². The Bertz CT molecular complexity index is 1050. The molecule has 6 nitrogen and oxygen atoms in total. The average Bonchev–Trinajstić information content (AvgIpc) is 3.17. The van der Waals surface area contributed by atoms with Crippen molar-refractivity contribution < 1.29 is 4.79 Å². The van der Waals surface area contributed by atoms with E-state index < -0.39 is 0 Å². The Morgan fingerprint density at radius 3 is 2.91 bits per heavy atom. The Kier molecular flexibility index (Phi) is 3.09. The monoisotopic (exact) mass is 322 g/mol. The fourth-order valence-electron chi connectivity index (χ4n) is 2.59. The first-order valence-corrected chi connectivity index (χ1v) is 7.81. The van der Waals surface area contributed by atoms with E-state index in [1.165, 1.54) is 11.3 Å². The molecule has 0 saturated heterocycles. The molecular formula is C16H12N5OS.